The van der Waals surface area contributed by atoms with E-state index >= 15 is 0 Å². The summed E-state index contributed by atoms with van der Waals surface area (Å²) in [7, 11) is 1.87. The molecule has 1 aliphatic heterocycles. The van der Waals surface area contributed by atoms with Crippen molar-refractivity contribution in [2.24, 2.45) is 7.05 Å². The molecule has 1 amide bonds. The van der Waals surface area contributed by atoms with E-state index in [2.05, 4.69) is 10.4 Å². The minimum atomic E-state index is -0.134. The number of fused-ring (bicyclic) bond motifs is 3. The highest BCUT2D eigenvalue weighted by Crippen LogP contribution is 2.43. The van der Waals surface area contributed by atoms with Crippen molar-refractivity contribution in [3.05, 3.63) is 58.6 Å². The number of nitrogens with zero attached hydrogens (tertiary/aromatic N) is 2. The smallest absolute Gasteiger partial charge is 0.272 e. The van der Waals surface area contributed by atoms with Crippen LogP contribution >= 0.6 is 23.4 Å². The zero-order chi connectivity index (χ0) is 19.0. The highest BCUT2D eigenvalue weighted by Gasteiger charge is 2.28. The predicted molar refractivity (Wildman–Crippen MR) is 107 cm³/mol. The molecule has 0 saturated carbocycles. The number of rotatable bonds is 5. The third kappa shape index (κ3) is 3.64. The molecule has 0 bridgehead atoms. The van der Waals surface area contributed by atoms with Gasteiger partial charge in [0, 0.05) is 46.3 Å². The highest BCUT2D eigenvalue weighted by atomic mass is 35.5. The Hall–Kier alpha value is -2.18. The van der Waals surface area contributed by atoms with E-state index in [0.29, 0.717) is 10.7 Å². The molecule has 0 fully saturated rings. The van der Waals surface area contributed by atoms with Gasteiger partial charge < -0.3 is 9.73 Å². The molecule has 1 N–H and O–H groups in total. The number of hydrogen-bond donors (Lipinski definition) is 1. The van der Waals surface area contributed by atoms with Gasteiger partial charge in [0.2, 0.25) is 0 Å². The number of carbonyl (C=O) groups excluding carboxylic acids is 1. The normalized spacial score (nSPS) is 13.7. The SMILES string of the molecule is C[C@H](CCc1ccco1)NC(=O)c1nn(C)c2c1CSc1ccc(Cl)cc1-2. The van der Waals surface area contributed by atoms with E-state index in [1.165, 1.54) is 0 Å². The van der Waals surface area contributed by atoms with Crippen molar-refractivity contribution in [1.29, 1.82) is 0 Å². The van der Waals surface area contributed by atoms with Crippen LogP contribution in [0.3, 0.4) is 0 Å². The molecule has 0 radical (unpaired) electrons. The Bertz CT molecular complexity index is 982. The molecular formula is C20H20ClN3O2S. The van der Waals surface area contributed by atoms with Crippen molar-refractivity contribution in [2.45, 2.75) is 36.5 Å². The summed E-state index contributed by atoms with van der Waals surface area (Å²) >= 11 is 7.89. The van der Waals surface area contributed by atoms with E-state index in [4.69, 9.17) is 16.0 Å². The molecule has 4 rings (SSSR count). The number of benzene rings is 1. The first-order valence-electron chi connectivity index (χ1n) is 8.84. The zero-order valence-corrected chi connectivity index (χ0v) is 16.7. The monoisotopic (exact) mass is 401 g/mol. The highest BCUT2D eigenvalue weighted by molar-refractivity contribution is 7.98. The standard InChI is InChI=1S/C20H20ClN3O2S/c1-12(5-7-14-4-3-9-26-14)22-20(25)18-16-11-27-17-8-6-13(21)10-15(17)19(16)24(2)23-18/h3-4,6,8-10,12H,5,7,11H2,1-2H3,(H,22,25)/t12-/m1/s1. The summed E-state index contributed by atoms with van der Waals surface area (Å²) in [6.07, 6.45) is 3.26. The van der Waals surface area contributed by atoms with Gasteiger partial charge in [-0.3, -0.25) is 9.48 Å². The molecule has 0 unspecified atom stereocenters. The van der Waals surface area contributed by atoms with Gasteiger partial charge in [-0.25, -0.2) is 0 Å². The number of nitrogens with one attached hydrogen (secondary N) is 1. The number of aromatic nitrogens is 2. The Kier molecular flexibility index (Phi) is 5.02. The molecule has 5 nitrogen and oxygen atoms in total. The van der Waals surface area contributed by atoms with E-state index in [1.807, 2.05) is 44.3 Å². The number of halogens is 1. The van der Waals surface area contributed by atoms with Gasteiger partial charge in [0.25, 0.3) is 5.91 Å². The number of amides is 1. The zero-order valence-electron chi connectivity index (χ0n) is 15.2. The molecule has 0 spiro atoms. The van der Waals surface area contributed by atoms with Gasteiger partial charge in [0.1, 0.15) is 5.76 Å². The second-order valence-electron chi connectivity index (χ2n) is 6.72. The maximum atomic E-state index is 12.8. The first kappa shape index (κ1) is 18.2. The van der Waals surface area contributed by atoms with Crippen LogP contribution < -0.4 is 5.32 Å². The van der Waals surface area contributed by atoms with Gasteiger partial charge in [0.05, 0.1) is 12.0 Å². The average Bonchev–Trinajstić information content (AvgIpc) is 3.28. The fourth-order valence-electron chi connectivity index (χ4n) is 3.36. The third-order valence-electron chi connectivity index (χ3n) is 4.71. The first-order chi connectivity index (χ1) is 13.0. The molecule has 2 aromatic heterocycles. The van der Waals surface area contributed by atoms with Gasteiger partial charge >= 0.3 is 0 Å². The predicted octanol–water partition coefficient (Wildman–Crippen LogP) is 4.69. The molecule has 140 valence electrons. The number of thioether (sulfide) groups is 1. The van der Waals surface area contributed by atoms with Crippen molar-refractivity contribution in [3.8, 4) is 11.3 Å². The van der Waals surface area contributed by atoms with Crippen molar-refractivity contribution < 1.29 is 9.21 Å². The molecule has 3 heterocycles. The quantitative estimate of drug-likeness (QED) is 0.673. The Morgan fingerprint density at radius 1 is 1.44 bits per heavy atom. The van der Waals surface area contributed by atoms with E-state index in [1.54, 1.807) is 22.7 Å². The minimum absolute atomic E-state index is 0.0261. The summed E-state index contributed by atoms with van der Waals surface area (Å²) in [6.45, 7) is 2.00. The summed E-state index contributed by atoms with van der Waals surface area (Å²) in [4.78, 5) is 14.0. The van der Waals surface area contributed by atoms with Gasteiger partial charge in [0.15, 0.2) is 5.69 Å². The molecule has 1 aromatic carbocycles. The van der Waals surface area contributed by atoms with Crippen LogP contribution in [-0.2, 0) is 19.2 Å². The lowest BCUT2D eigenvalue weighted by molar-refractivity contribution is 0.0931. The molecule has 1 aliphatic rings. The summed E-state index contributed by atoms with van der Waals surface area (Å²) < 4.78 is 7.14. The third-order valence-corrected chi connectivity index (χ3v) is 6.05. The van der Waals surface area contributed by atoms with E-state index < -0.39 is 0 Å². The fourth-order valence-corrected chi connectivity index (χ4v) is 4.59. The van der Waals surface area contributed by atoms with Gasteiger partial charge in [-0.15, -0.1) is 11.8 Å². The van der Waals surface area contributed by atoms with Crippen LogP contribution in [0.15, 0.2) is 45.9 Å². The summed E-state index contributed by atoms with van der Waals surface area (Å²) in [5.74, 6) is 1.52. The lowest BCUT2D eigenvalue weighted by Crippen LogP contribution is -2.33. The van der Waals surface area contributed by atoms with Crippen molar-refractivity contribution in [1.82, 2.24) is 15.1 Å². The van der Waals surface area contributed by atoms with Gasteiger partial charge in [-0.1, -0.05) is 11.6 Å². The van der Waals surface area contributed by atoms with Crippen LogP contribution in [0.25, 0.3) is 11.3 Å². The number of carbonyl (C=O) groups is 1. The Balaban J connectivity index is 1.53. The van der Waals surface area contributed by atoms with Crippen molar-refractivity contribution in [2.75, 3.05) is 0 Å². The lowest BCUT2D eigenvalue weighted by atomic mass is 10.1. The lowest BCUT2D eigenvalue weighted by Gasteiger charge is -2.18. The maximum absolute atomic E-state index is 12.8. The first-order valence-corrected chi connectivity index (χ1v) is 10.2. The van der Waals surface area contributed by atoms with Crippen molar-refractivity contribution >= 4 is 29.3 Å². The van der Waals surface area contributed by atoms with Crippen LogP contribution in [0.2, 0.25) is 5.02 Å². The Labute approximate surface area is 167 Å². The van der Waals surface area contributed by atoms with E-state index in [-0.39, 0.29) is 11.9 Å². The topological polar surface area (TPSA) is 60.1 Å². The molecular weight excluding hydrogens is 382 g/mol. The molecule has 3 aromatic rings. The minimum Gasteiger partial charge on any atom is -0.469 e. The van der Waals surface area contributed by atoms with Crippen molar-refractivity contribution in [3.63, 3.8) is 0 Å². The molecule has 0 saturated heterocycles. The molecule has 27 heavy (non-hydrogen) atoms. The van der Waals surface area contributed by atoms with Crippen LogP contribution in [0.5, 0.6) is 0 Å². The van der Waals surface area contributed by atoms with Gasteiger partial charge in [-0.2, -0.15) is 5.10 Å². The molecule has 0 aliphatic carbocycles. The summed E-state index contributed by atoms with van der Waals surface area (Å²) in [5.41, 5.74) is 3.47. The van der Waals surface area contributed by atoms with E-state index in [9.17, 15) is 4.79 Å². The second kappa shape index (κ2) is 7.44. The van der Waals surface area contributed by atoms with Gasteiger partial charge in [-0.05, 0) is 43.7 Å². The molecule has 7 heteroatoms. The maximum Gasteiger partial charge on any atom is 0.272 e. The second-order valence-corrected chi connectivity index (χ2v) is 8.17. The summed E-state index contributed by atoms with van der Waals surface area (Å²) in [6, 6.07) is 9.71. The number of aryl methyl sites for hydroxylation is 2. The van der Waals surface area contributed by atoms with Crippen LogP contribution in [0.4, 0.5) is 0 Å². The largest absolute Gasteiger partial charge is 0.469 e. The van der Waals surface area contributed by atoms with E-state index in [0.717, 1.165) is 46.1 Å². The average molecular weight is 402 g/mol. The van der Waals surface area contributed by atoms with Crippen LogP contribution in [-0.4, -0.2) is 21.7 Å². The Morgan fingerprint density at radius 2 is 2.30 bits per heavy atom. The molecule has 1 atom stereocenters. The van der Waals surface area contributed by atoms with Crippen LogP contribution in [0.1, 0.15) is 35.2 Å². The number of furan rings is 1. The number of hydrogen-bond acceptors (Lipinski definition) is 4. The fraction of sp³-hybridized carbons (Fsp3) is 0.300. The summed E-state index contributed by atoms with van der Waals surface area (Å²) in [5, 5.41) is 8.26. The Morgan fingerprint density at radius 3 is 3.07 bits per heavy atom. The van der Waals surface area contributed by atoms with Crippen LogP contribution in [0, 0.1) is 0 Å².